The van der Waals surface area contributed by atoms with Crippen molar-refractivity contribution in [2.45, 2.75) is 58.2 Å². The van der Waals surface area contributed by atoms with Gasteiger partial charge in [0.05, 0.1) is 26.2 Å². The van der Waals surface area contributed by atoms with Gasteiger partial charge in [0, 0.05) is 18.7 Å². The van der Waals surface area contributed by atoms with Crippen LogP contribution in [-0.2, 0) is 26.2 Å². The number of methoxy groups -OCH3 is 2. The first-order chi connectivity index (χ1) is 17.5. The maximum Gasteiger partial charge on any atom is 0.244 e. The van der Waals surface area contributed by atoms with Crippen LogP contribution >= 0.6 is 0 Å². The van der Waals surface area contributed by atoms with Gasteiger partial charge in [0.15, 0.2) is 0 Å². The van der Waals surface area contributed by atoms with Gasteiger partial charge in [-0.3, -0.25) is 13.9 Å². The monoisotopic (exact) mass is 531 g/mol. The Balaban J connectivity index is 1.92. The fourth-order valence-corrected chi connectivity index (χ4v) is 5.30. The fraction of sp³-hybridized carbons (Fsp3) is 0.481. The molecule has 3 rings (SSSR count). The maximum atomic E-state index is 13.7. The molecule has 10 heteroatoms. The van der Waals surface area contributed by atoms with Gasteiger partial charge in [0.1, 0.15) is 24.1 Å². The molecule has 202 valence electrons. The van der Waals surface area contributed by atoms with E-state index in [2.05, 4.69) is 5.32 Å². The van der Waals surface area contributed by atoms with Gasteiger partial charge in [-0.2, -0.15) is 0 Å². The summed E-state index contributed by atoms with van der Waals surface area (Å²) in [5.74, 6) is -0.0218. The number of aryl methyl sites for hydroxylation is 1. The second-order valence-corrected chi connectivity index (χ2v) is 11.4. The highest BCUT2D eigenvalue weighted by molar-refractivity contribution is 7.92. The lowest BCUT2D eigenvalue weighted by molar-refractivity contribution is -0.139. The third-order valence-corrected chi connectivity index (χ3v) is 7.80. The molecule has 0 bridgehead atoms. The SMILES string of the molecule is COc1ccc(N(CC(=O)N(Cc2ccc(C)cc2)C(C)C(=O)NC2CCCC2)S(C)(=O)=O)c(OC)c1. The zero-order chi connectivity index (χ0) is 27.2. The summed E-state index contributed by atoms with van der Waals surface area (Å²) >= 11 is 0. The van der Waals surface area contributed by atoms with E-state index in [-0.39, 0.29) is 29.9 Å². The molecule has 0 aromatic heterocycles. The molecular weight excluding hydrogens is 494 g/mol. The number of anilines is 1. The number of hydrogen-bond acceptors (Lipinski definition) is 6. The van der Waals surface area contributed by atoms with E-state index in [4.69, 9.17) is 9.47 Å². The number of ether oxygens (including phenoxy) is 2. The number of benzene rings is 2. The summed E-state index contributed by atoms with van der Waals surface area (Å²) in [6.45, 7) is 3.32. The lowest BCUT2D eigenvalue weighted by atomic mass is 10.1. The third-order valence-electron chi connectivity index (χ3n) is 6.68. The molecular formula is C27H37N3O6S. The quantitative estimate of drug-likeness (QED) is 0.477. The van der Waals surface area contributed by atoms with Crippen LogP contribution in [0.3, 0.4) is 0 Å². The minimum atomic E-state index is -3.88. The van der Waals surface area contributed by atoms with Crippen LogP contribution in [0.2, 0.25) is 0 Å². The molecule has 1 unspecified atom stereocenters. The zero-order valence-electron chi connectivity index (χ0n) is 22.2. The van der Waals surface area contributed by atoms with Crippen LogP contribution in [0, 0.1) is 6.92 Å². The number of hydrogen-bond donors (Lipinski definition) is 1. The van der Waals surface area contributed by atoms with E-state index in [1.165, 1.54) is 25.2 Å². The number of nitrogens with one attached hydrogen (secondary N) is 1. The van der Waals surface area contributed by atoms with E-state index >= 15 is 0 Å². The van der Waals surface area contributed by atoms with Gasteiger partial charge in [-0.15, -0.1) is 0 Å². The Bertz CT molecular complexity index is 1190. The van der Waals surface area contributed by atoms with Crippen molar-refractivity contribution < 1.29 is 27.5 Å². The molecule has 37 heavy (non-hydrogen) atoms. The van der Waals surface area contributed by atoms with Crippen LogP contribution in [0.4, 0.5) is 5.69 Å². The molecule has 2 aromatic rings. The molecule has 1 N–H and O–H groups in total. The van der Waals surface area contributed by atoms with Crippen molar-refractivity contribution in [2.24, 2.45) is 0 Å². The molecule has 0 aliphatic heterocycles. The third kappa shape index (κ3) is 7.38. The van der Waals surface area contributed by atoms with Gasteiger partial charge in [-0.25, -0.2) is 8.42 Å². The highest BCUT2D eigenvalue weighted by Gasteiger charge is 2.32. The number of carbonyl (C=O) groups is 2. The smallest absolute Gasteiger partial charge is 0.244 e. The van der Waals surface area contributed by atoms with Crippen molar-refractivity contribution in [3.8, 4) is 11.5 Å². The Morgan fingerprint density at radius 2 is 1.70 bits per heavy atom. The lowest BCUT2D eigenvalue weighted by Gasteiger charge is -2.32. The van der Waals surface area contributed by atoms with Crippen LogP contribution in [0.25, 0.3) is 0 Å². The molecule has 1 aliphatic rings. The number of nitrogens with zero attached hydrogens (tertiary/aromatic N) is 2. The first-order valence-electron chi connectivity index (χ1n) is 12.4. The van der Waals surface area contributed by atoms with Gasteiger partial charge < -0.3 is 19.7 Å². The molecule has 0 spiro atoms. The van der Waals surface area contributed by atoms with Crippen molar-refractivity contribution in [3.05, 3.63) is 53.6 Å². The van der Waals surface area contributed by atoms with E-state index in [9.17, 15) is 18.0 Å². The van der Waals surface area contributed by atoms with Gasteiger partial charge in [0.2, 0.25) is 21.8 Å². The second kappa shape index (κ2) is 12.3. The van der Waals surface area contributed by atoms with E-state index in [0.717, 1.165) is 47.4 Å². The molecule has 0 radical (unpaired) electrons. The van der Waals surface area contributed by atoms with E-state index in [0.29, 0.717) is 5.75 Å². The standard InChI is InChI=1S/C27H37N3O6S/c1-19-10-12-21(13-11-19)17-29(20(2)27(32)28-22-8-6-7-9-22)26(31)18-30(37(5,33)34)24-15-14-23(35-3)16-25(24)36-4/h10-16,20,22H,6-9,17-18H2,1-5H3,(H,28,32). The molecule has 1 saturated carbocycles. The fourth-order valence-electron chi connectivity index (χ4n) is 4.45. The Morgan fingerprint density at radius 3 is 2.27 bits per heavy atom. The molecule has 2 amide bonds. The first-order valence-corrected chi connectivity index (χ1v) is 14.2. The predicted octanol–water partition coefficient (Wildman–Crippen LogP) is 3.25. The highest BCUT2D eigenvalue weighted by atomic mass is 32.2. The number of rotatable bonds is 11. The van der Waals surface area contributed by atoms with Crippen LogP contribution in [-0.4, -0.2) is 64.2 Å². The largest absolute Gasteiger partial charge is 0.497 e. The minimum Gasteiger partial charge on any atom is -0.497 e. The van der Waals surface area contributed by atoms with E-state index in [1.807, 2.05) is 31.2 Å². The summed E-state index contributed by atoms with van der Waals surface area (Å²) in [5.41, 5.74) is 2.12. The Morgan fingerprint density at radius 1 is 1.05 bits per heavy atom. The zero-order valence-corrected chi connectivity index (χ0v) is 23.0. The second-order valence-electron chi connectivity index (χ2n) is 9.48. The first kappa shape index (κ1) is 28.3. The summed E-state index contributed by atoms with van der Waals surface area (Å²) in [5, 5.41) is 3.06. The molecule has 2 aromatic carbocycles. The summed E-state index contributed by atoms with van der Waals surface area (Å²) in [4.78, 5) is 28.3. The van der Waals surface area contributed by atoms with Gasteiger partial charge in [0.25, 0.3) is 0 Å². The molecule has 0 saturated heterocycles. The van der Waals surface area contributed by atoms with Gasteiger partial charge >= 0.3 is 0 Å². The van der Waals surface area contributed by atoms with Crippen molar-refractivity contribution in [3.63, 3.8) is 0 Å². The van der Waals surface area contributed by atoms with Crippen molar-refractivity contribution >= 4 is 27.5 Å². The van der Waals surface area contributed by atoms with Crippen molar-refractivity contribution in [2.75, 3.05) is 31.3 Å². The van der Waals surface area contributed by atoms with Crippen molar-refractivity contribution in [1.29, 1.82) is 0 Å². The number of amides is 2. The van der Waals surface area contributed by atoms with Crippen LogP contribution in [0.5, 0.6) is 11.5 Å². The average molecular weight is 532 g/mol. The summed E-state index contributed by atoms with van der Waals surface area (Å²) in [7, 11) is -0.968. The molecule has 0 heterocycles. The van der Waals surface area contributed by atoms with Crippen LogP contribution in [0.1, 0.15) is 43.7 Å². The topological polar surface area (TPSA) is 105 Å². The Hall–Kier alpha value is -3.27. The maximum absolute atomic E-state index is 13.7. The average Bonchev–Trinajstić information content (AvgIpc) is 3.38. The van der Waals surface area contributed by atoms with Crippen LogP contribution < -0.4 is 19.1 Å². The van der Waals surface area contributed by atoms with E-state index < -0.39 is 28.5 Å². The molecule has 1 atom stereocenters. The van der Waals surface area contributed by atoms with Gasteiger partial charge in [-0.05, 0) is 44.4 Å². The number of sulfonamides is 1. The number of carbonyl (C=O) groups excluding carboxylic acids is 2. The molecule has 9 nitrogen and oxygen atoms in total. The van der Waals surface area contributed by atoms with Crippen molar-refractivity contribution in [1.82, 2.24) is 10.2 Å². The Labute approximate surface area is 219 Å². The molecule has 1 aliphatic carbocycles. The Kier molecular flexibility index (Phi) is 9.42. The van der Waals surface area contributed by atoms with Crippen LogP contribution in [0.15, 0.2) is 42.5 Å². The van der Waals surface area contributed by atoms with E-state index in [1.54, 1.807) is 19.1 Å². The lowest BCUT2D eigenvalue weighted by Crippen LogP contribution is -2.52. The molecule has 1 fully saturated rings. The normalized spacial score (nSPS) is 14.6. The summed E-state index contributed by atoms with van der Waals surface area (Å²) < 4.78 is 37.3. The summed E-state index contributed by atoms with van der Waals surface area (Å²) in [6, 6.07) is 11.7. The predicted molar refractivity (Wildman–Crippen MR) is 143 cm³/mol. The van der Waals surface area contributed by atoms with Gasteiger partial charge in [-0.1, -0.05) is 42.7 Å². The minimum absolute atomic E-state index is 0.0994. The summed E-state index contributed by atoms with van der Waals surface area (Å²) in [6.07, 6.45) is 5.01. The highest BCUT2D eigenvalue weighted by Crippen LogP contribution is 2.33.